The van der Waals surface area contributed by atoms with E-state index in [-0.39, 0.29) is 0 Å². The van der Waals surface area contributed by atoms with E-state index in [1.165, 1.54) is 6.42 Å². The van der Waals surface area contributed by atoms with E-state index in [0.717, 1.165) is 25.7 Å². The average molecular weight is 214 g/mol. The first kappa shape index (κ1) is 9.57. The first-order valence-corrected chi connectivity index (χ1v) is 5.44. The molecule has 3 atom stereocenters. The molecule has 1 N–H and O–H groups in total. The largest absolute Gasteiger partial charge is 0.431 e. The number of aliphatic hydroxyl groups excluding tert-OH is 1. The fourth-order valence-corrected chi connectivity index (χ4v) is 2.61. The Balaban J connectivity index is 1.79. The molecule has 3 rings (SSSR count). The maximum atomic E-state index is 11.3. The van der Waals surface area contributed by atoms with Gasteiger partial charge in [0.2, 0.25) is 6.29 Å². The van der Waals surface area contributed by atoms with Crippen LogP contribution in [0.15, 0.2) is 0 Å². The normalized spacial score (nSPS) is 43.0. The Kier molecular flexibility index (Phi) is 2.02. The van der Waals surface area contributed by atoms with E-state index in [9.17, 15) is 9.90 Å². The van der Waals surface area contributed by atoms with Gasteiger partial charge in [-0.15, -0.1) is 0 Å². The lowest BCUT2D eigenvalue weighted by molar-refractivity contribution is -0.233. The van der Waals surface area contributed by atoms with Crippen LogP contribution in [0.1, 0.15) is 32.1 Å². The van der Waals surface area contributed by atoms with E-state index >= 15 is 0 Å². The fourth-order valence-electron chi connectivity index (χ4n) is 2.61. The highest BCUT2D eigenvalue weighted by Crippen LogP contribution is 2.43. The molecule has 1 spiro atoms. The van der Waals surface area contributed by atoms with E-state index in [0.29, 0.717) is 0 Å². The van der Waals surface area contributed by atoms with Gasteiger partial charge in [-0.2, -0.15) is 0 Å². The van der Waals surface area contributed by atoms with Crippen molar-refractivity contribution in [1.29, 1.82) is 0 Å². The van der Waals surface area contributed by atoms with Crippen molar-refractivity contribution in [2.75, 3.05) is 0 Å². The molecule has 2 heterocycles. The van der Waals surface area contributed by atoms with Crippen molar-refractivity contribution in [2.24, 2.45) is 0 Å². The fraction of sp³-hybridized carbons (Fsp3) is 0.900. The lowest BCUT2D eigenvalue weighted by Crippen LogP contribution is -2.36. The molecule has 15 heavy (non-hydrogen) atoms. The molecular weight excluding hydrogens is 200 g/mol. The monoisotopic (exact) mass is 214 g/mol. The van der Waals surface area contributed by atoms with Crippen LogP contribution in [-0.4, -0.2) is 35.4 Å². The zero-order valence-electron chi connectivity index (χ0n) is 8.35. The van der Waals surface area contributed by atoms with Gasteiger partial charge in [-0.1, -0.05) is 6.42 Å². The Morgan fingerprint density at radius 3 is 2.60 bits per heavy atom. The summed E-state index contributed by atoms with van der Waals surface area (Å²) >= 11 is 0. The van der Waals surface area contributed by atoms with Gasteiger partial charge in [0, 0.05) is 12.8 Å². The lowest BCUT2D eigenvalue weighted by atomic mass is 9.94. The van der Waals surface area contributed by atoms with Crippen LogP contribution >= 0.6 is 0 Å². The van der Waals surface area contributed by atoms with Gasteiger partial charge < -0.3 is 19.3 Å². The van der Waals surface area contributed by atoms with Crippen molar-refractivity contribution in [3.05, 3.63) is 0 Å². The first-order valence-electron chi connectivity index (χ1n) is 5.44. The smallest absolute Gasteiger partial charge is 0.340 e. The van der Waals surface area contributed by atoms with Crippen molar-refractivity contribution >= 4 is 5.97 Å². The Morgan fingerprint density at radius 2 is 1.93 bits per heavy atom. The number of aliphatic hydroxyl groups is 1. The molecule has 1 aliphatic carbocycles. The van der Waals surface area contributed by atoms with Gasteiger partial charge in [0.25, 0.3) is 0 Å². The number of hydrogen-bond donors (Lipinski definition) is 1. The van der Waals surface area contributed by atoms with Gasteiger partial charge in [0.1, 0.15) is 0 Å². The molecule has 0 bridgehead atoms. The third kappa shape index (κ3) is 1.38. The van der Waals surface area contributed by atoms with E-state index in [4.69, 9.17) is 9.47 Å². The standard InChI is InChI=1S/C10H14O5/c11-8-6-7(9(12)13-8)15-10(14-6)4-2-1-3-5-10/h6-8,11H,1-5H2/t6-,7+,8-/m0/s1. The summed E-state index contributed by atoms with van der Waals surface area (Å²) in [4.78, 5) is 11.3. The number of hydrogen-bond acceptors (Lipinski definition) is 5. The minimum Gasteiger partial charge on any atom is -0.431 e. The van der Waals surface area contributed by atoms with Crippen molar-refractivity contribution in [3.63, 3.8) is 0 Å². The third-order valence-electron chi connectivity index (χ3n) is 3.36. The highest BCUT2D eigenvalue weighted by atomic mass is 16.8. The van der Waals surface area contributed by atoms with Crippen molar-refractivity contribution in [2.45, 2.75) is 56.4 Å². The summed E-state index contributed by atoms with van der Waals surface area (Å²) in [7, 11) is 0. The zero-order chi connectivity index (χ0) is 10.5. The molecule has 2 aliphatic heterocycles. The molecule has 0 aromatic heterocycles. The van der Waals surface area contributed by atoms with Crippen LogP contribution in [-0.2, 0) is 19.0 Å². The minimum atomic E-state index is -1.16. The van der Waals surface area contributed by atoms with Crippen molar-refractivity contribution in [3.8, 4) is 0 Å². The summed E-state index contributed by atoms with van der Waals surface area (Å²) in [6, 6.07) is 0. The van der Waals surface area contributed by atoms with Crippen LogP contribution in [0.3, 0.4) is 0 Å². The molecule has 2 saturated heterocycles. The molecule has 0 amide bonds. The maximum Gasteiger partial charge on any atom is 0.340 e. The van der Waals surface area contributed by atoms with E-state index in [1.54, 1.807) is 0 Å². The van der Waals surface area contributed by atoms with E-state index in [2.05, 4.69) is 4.74 Å². The Labute approximate surface area is 87.3 Å². The van der Waals surface area contributed by atoms with Crippen LogP contribution in [0, 0.1) is 0 Å². The lowest BCUT2D eigenvalue weighted by Gasteiger charge is -2.32. The molecule has 84 valence electrons. The second-order valence-corrected chi connectivity index (χ2v) is 4.42. The molecule has 0 aromatic rings. The molecule has 0 radical (unpaired) electrons. The highest BCUT2D eigenvalue weighted by molar-refractivity contribution is 5.78. The second kappa shape index (κ2) is 3.17. The van der Waals surface area contributed by atoms with Crippen LogP contribution in [0.2, 0.25) is 0 Å². The molecular formula is C10H14O5. The number of esters is 1. The number of cyclic esters (lactones) is 1. The molecule has 1 saturated carbocycles. The van der Waals surface area contributed by atoms with Crippen LogP contribution in [0.4, 0.5) is 0 Å². The summed E-state index contributed by atoms with van der Waals surface area (Å²) in [5, 5.41) is 9.44. The third-order valence-corrected chi connectivity index (χ3v) is 3.36. The quantitative estimate of drug-likeness (QED) is 0.588. The van der Waals surface area contributed by atoms with Crippen LogP contribution in [0.25, 0.3) is 0 Å². The predicted octanol–water partition coefficient (Wildman–Crippen LogP) is 0.306. The SMILES string of the molecule is O=C1O[C@H](O)[C@H]2OC3(CCCCC3)O[C@@H]12. The van der Waals surface area contributed by atoms with Gasteiger partial charge in [-0.3, -0.25) is 0 Å². The number of ether oxygens (including phenoxy) is 3. The molecule has 5 nitrogen and oxygen atoms in total. The summed E-state index contributed by atoms with van der Waals surface area (Å²) in [6.45, 7) is 0. The van der Waals surface area contributed by atoms with Gasteiger partial charge >= 0.3 is 5.97 Å². The Morgan fingerprint density at radius 1 is 1.20 bits per heavy atom. The van der Waals surface area contributed by atoms with Gasteiger partial charge in [-0.25, -0.2) is 4.79 Å². The summed E-state index contributed by atoms with van der Waals surface area (Å²) in [6.07, 6.45) is 2.36. The Hall–Kier alpha value is -0.650. The number of carbonyl (C=O) groups excluding carboxylic acids is 1. The molecule has 3 fully saturated rings. The van der Waals surface area contributed by atoms with E-state index < -0.39 is 30.3 Å². The number of carbonyl (C=O) groups is 1. The van der Waals surface area contributed by atoms with Gasteiger partial charge in [0.15, 0.2) is 18.0 Å². The van der Waals surface area contributed by atoms with E-state index in [1.807, 2.05) is 0 Å². The van der Waals surface area contributed by atoms with Gasteiger partial charge in [0.05, 0.1) is 0 Å². The molecule has 3 aliphatic rings. The molecule has 0 unspecified atom stereocenters. The second-order valence-electron chi connectivity index (χ2n) is 4.42. The minimum absolute atomic E-state index is 0.505. The molecule has 0 aromatic carbocycles. The average Bonchev–Trinajstić information content (AvgIpc) is 2.69. The van der Waals surface area contributed by atoms with Crippen LogP contribution in [0.5, 0.6) is 0 Å². The summed E-state index contributed by atoms with van der Waals surface area (Å²) in [5.74, 6) is -1.14. The van der Waals surface area contributed by atoms with Gasteiger partial charge in [-0.05, 0) is 12.8 Å². The van der Waals surface area contributed by atoms with Crippen molar-refractivity contribution < 1.29 is 24.1 Å². The maximum absolute atomic E-state index is 11.3. The Bertz CT molecular complexity index is 284. The first-order chi connectivity index (χ1) is 7.20. The highest BCUT2D eigenvalue weighted by Gasteiger charge is 2.58. The van der Waals surface area contributed by atoms with Crippen LogP contribution < -0.4 is 0 Å². The topological polar surface area (TPSA) is 65.0 Å². The molecule has 5 heteroatoms. The summed E-state index contributed by atoms with van der Waals surface area (Å²) in [5.41, 5.74) is 0. The zero-order valence-corrected chi connectivity index (χ0v) is 8.35. The van der Waals surface area contributed by atoms with Crippen molar-refractivity contribution in [1.82, 2.24) is 0 Å². The summed E-state index contributed by atoms with van der Waals surface area (Å²) < 4.78 is 15.9. The number of rotatable bonds is 0. The number of fused-ring (bicyclic) bond motifs is 1. The predicted molar refractivity (Wildman–Crippen MR) is 47.7 cm³/mol.